The Hall–Kier alpha value is -3.92. The molecule has 4 nitrogen and oxygen atoms in total. The van der Waals surface area contributed by atoms with Gasteiger partial charge >= 0.3 is 11.9 Å². The largest absolute Gasteiger partial charge is 0.478 e. The molecule has 0 bridgehead atoms. The van der Waals surface area contributed by atoms with E-state index < -0.39 is 11.9 Å². The fourth-order valence-corrected chi connectivity index (χ4v) is 3.43. The average molecular weight is 398 g/mol. The van der Waals surface area contributed by atoms with Crippen molar-refractivity contribution in [1.29, 1.82) is 0 Å². The summed E-state index contributed by atoms with van der Waals surface area (Å²) in [5.74, 6) is -2.22. The van der Waals surface area contributed by atoms with Crippen LogP contribution < -0.4 is 0 Å². The summed E-state index contributed by atoms with van der Waals surface area (Å²) in [7, 11) is 0. The Bertz CT molecular complexity index is 1190. The van der Waals surface area contributed by atoms with E-state index in [4.69, 9.17) is 10.2 Å². The molecular weight excluding hydrogens is 376 g/mol. The first-order valence-electron chi connectivity index (χ1n) is 9.50. The van der Waals surface area contributed by atoms with Crippen molar-refractivity contribution in [2.45, 2.75) is 13.8 Å². The zero-order valence-corrected chi connectivity index (χ0v) is 16.8. The first kappa shape index (κ1) is 20.8. The van der Waals surface area contributed by atoms with Gasteiger partial charge in [0.1, 0.15) is 0 Å². The second-order valence-electron chi connectivity index (χ2n) is 6.93. The van der Waals surface area contributed by atoms with E-state index in [1.165, 1.54) is 52.6 Å². The number of carbonyl (C=O) groups is 2. The Kier molecular flexibility index (Phi) is 6.28. The molecule has 0 aliphatic heterocycles. The molecule has 4 rings (SSSR count). The number of benzene rings is 4. The molecule has 0 saturated carbocycles. The Morgan fingerprint density at radius 1 is 0.600 bits per heavy atom. The molecule has 0 unspecified atom stereocenters. The number of aromatic carboxylic acids is 2. The van der Waals surface area contributed by atoms with Crippen molar-refractivity contribution in [3.63, 3.8) is 0 Å². The zero-order valence-electron chi connectivity index (χ0n) is 16.8. The minimum atomic E-state index is -1.11. The van der Waals surface area contributed by atoms with Crippen LogP contribution in [-0.2, 0) is 0 Å². The maximum atomic E-state index is 10.6. The minimum Gasteiger partial charge on any atom is -0.478 e. The fourth-order valence-electron chi connectivity index (χ4n) is 3.43. The van der Waals surface area contributed by atoms with Gasteiger partial charge < -0.3 is 10.2 Å². The van der Waals surface area contributed by atoms with Crippen molar-refractivity contribution in [2.24, 2.45) is 0 Å². The Morgan fingerprint density at radius 3 is 1.73 bits per heavy atom. The van der Waals surface area contributed by atoms with Crippen LogP contribution in [0.15, 0.2) is 84.9 Å². The van der Waals surface area contributed by atoms with E-state index in [0.717, 1.165) is 0 Å². The van der Waals surface area contributed by atoms with E-state index in [9.17, 15) is 9.59 Å². The molecular formula is C26H22O4. The third kappa shape index (κ3) is 4.39. The van der Waals surface area contributed by atoms with Gasteiger partial charge in [0.25, 0.3) is 0 Å². The topological polar surface area (TPSA) is 74.6 Å². The maximum absolute atomic E-state index is 10.6. The van der Waals surface area contributed by atoms with Crippen molar-refractivity contribution >= 4 is 22.7 Å². The fraction of sp³-hybridized carbons (Fsp3) is 0.0769. The molecule has 0 aromatic heterocycles. The van der Waals surface area contributed by atoms with E-state index in [2.05, 4.69) is 73.7 Å². The van der Waals surface area contributed by atoms with Crippen molar-refractivity contribution < 1.29 is 19.8 Å². The molecule has 2 N–H and O–H groups in total. The van der Waals surface area contributed by atoms with Crippen LogP contribution in [0.4, 0.5) is 0 Å². The predicted molar refractivity (Wildman–Crippen MR) is 119 cm³/mol. The highest BCUT2D eigenvalue weighted by Crippen LogP contribution is 2.30. The summed E-state index contributed by atoms with van der Waals surface area (Å²) in [5, 5.41) is 20.0. The highest BCUT2D eigenvalue weighted by molar-refractivity contribution is 5.97. The zero-order chi connectivity index (χ0) is 21.7. The summed E-state index contributed by atoms with van der Waals surface area (Å²) in [4.78, 5) is 21.2. The van der Waals surface area contributed by atoms with Crippen LogP contribution in [0.25, 0.3) is 21.9 Å². The smallest absolute Gasteiger partial charge is 0.335 e. The molecule has 0 amide bonds. The lowest BCUT2D eigenvalue weighted by Crippen LogP contribution is -2.06. The Labute approximate surface area is 175 Å². The predicted octanol–water partition coefficient (Wildman–Crippen LogP) is 6.21. The average Bonchev–Trinajstić information content (AvgIpc) is 2.74. The summed E-state index contributed by atoms with van der Waals surface area (Å²) < 4.78 is 0. The molecule has 0 radical (unpaired) electrons. The number of carboxylic acid groups (broad SMARTS) is 2. The normalized spacial score (nSPS) is 10.2. The standard InChI is InChI=1S/C17H14.C9H8O4/c1-13-7-2-4-10-15(13)17-12-6-9-14-8-3-5-11-16(14)17;1-5-6(8(10)11)3-2-4-7(5)9(12)13/h2-12H,1H3;2-4H,1H3,(H,10,11)(H,12,13). The highest BCUT2D eigenvalue weighted by atomic mass is 16.4. The van der Waals surface area contributed by atoms with Crippen LogP contribution in [0.3, 0.4) is 0 Å². The van der Waals surface area contributed by atoms with Gasteiger partial charge in [0.15, 0.2) is 0 Å². The molecule has 4 heteroatoms. The maximum Gasteiger partial charge on any atom is 0.335 e. The van der Waals surface area contributed by atoms with Gasteiger partial charge in [-0.2, -0.15) is 0 Å². The van der Waals surface area contributed by atoms with Crippen molar-refractivity contribution in [3.05, 3.63) is 107 Å². The van der Waals surface area contributed by atoms with E-state index in [1.54, 1.807) is 0 Å². The molecule has 0 fully saturated rings. The Morgan fingerprint density at radius 2 is 1.10 bits per heavy atom. The first-order valence-corrected chi connectivity index (χ1v) is 9.50. The number of carboxylic acids is 2. The molecule has 0 spiro atoms. The van der Waals surface area contributed by atoms with Gasteiger partial charge in [0.05, 0.1) is 11.1 Å². The molecule has 30 heavy (non-hydrogen) atoms. The van der Waals surface area contributed by atoms with E-state index in [0.29, 0.717) is 0 Å². The highest BCUT2D eigenvalue weighted by Gasteiger charge is 2.13. The first-order chi connectivity index (χ1) is 14.4. The summed E-state index contributed by atoms with van der Waals surface area (Å²) >= 11 is 0. The van der Waals surface area contributed by atoms with E-state index in [1.807, 2.05) is 0 Å². The van der Waals surface area contributed by atoms with E-state index in [-0.39, 0.29) is 16.7 Å². The lowest BCUT2D eigenvalue weighted by molar-refractivity contribution is 0.0696. The number of rotatable bonds is 3. The quantitative estimate of drug-likeness (QED) is 0.430. The van der Waals surface area contributed by atoms with Gasteiger partial charge in [-0.3, -0.25) is 0 Å². The molecule has 0 aliphatic rings. The van der Waals surface area contributed by atoms with Gasteiger partial charge in [-0.05, 0) is 59.0 Å². The number of aryl methyl sites for hydroxylation is 1. The van der Waals surface area contributed by atoms with Crippen LogP contribution in [0, 0.1) is 13.8 Å². The van der Waals surface area contributed by atoms with Gasteiger partial charge in [0.2, 0.25) is 0 Å². The molecule has 0 heterocycles. The third-order valence-corrected chi connectivity index (χ3v) is 5.02. The minimum absolute atomic E-state index is 0.0277. The molecule has 150 valence electrons. The molecule has 0 aliphatic carbocycles. The SMILES string of the molecule is Cc1c(C(=O)O)cccc1C(=O)O.Cc1ccccc1-c1cccc2ccccc12. The number of hydrogen-bond donors (Lipinski definition) is 2. The van der Waals surface area contributed by atoms with Crippen molar-refractivity contribution in [3.8, 4) is 11.1 Å². The molecule has 0 saturated heterocycles. The van der Waals surface area contributed by atoms with Gasteiger partial charge in [0, 0.05) is 0 Å². The second-order valence-corrected chi connectivity index (χ2v) is 6.93. The van der Waals surface area contributed by atoms with Gasteiger partial charge in [-0.25, -0.2) is 9.59 Å². The van der Waals surface area contributed by atoms with Gasteiger partial charge in [-0.15, -0.1) is 0 Å². The lowest BCUT2D eigenvalue weighted by Gasteiger charge is -2.09. The van der Waals surface area contributed by atoms with Crippen LogP contribution in [0.5, 0.6) is 0 Å². The second kappa shape index (κ2) is 9.05. The third-order valence-electron chi connectivity index (χ3n) is 5.02. The molecule has 0 atom stereocenters. The van der Waals surface area contributed by atoms with Crippen LogP contribution in [-0.4, -0.2) is 22.2 Å². The van der Waals surface area contributed by atoms with Crippen LogP contribution in [0.2, 0.25) is 0 Å². The molecule has 4 aromatic rings. The summed E-state index contributed by atoms with van der Waals surface area (Å²) in [5.41, 5.74) is 4.30. The summed E-state index contributed by atoms with van der Waals surface area (Å²) in [6.07, 6.45) is 0. The number of fused-ring (bicyclic) bond motifs is 1. The summed E-state index contributed by atoms with van der Waals surface area (Å²) in [6.45, 7) is 3.64. The Balaban J connectivity index is 0.000000178. The number of hydrogen-bond acceptors (Lipinski definition) is 2. The van der Waals surface area contributed by atoms with E-state index >= 15 is 0 Å². The van der Waals surface area contributed by atoms with Crippen molar-refractivity contribution in [1.82, 2.24) is 0 Å². The lowest BCUT2D eigenvalue weighted by atomic mass is 9.95. The molecule has 4 aromatic carbocycles. The van der Waals surface area contributed by atoms with Crippen LogP contribution in [0.1, 0.15) is 31.8 Å². The van der Waals surface area contributed by atoms with Crippen molar-refractivity contribution in [2.75, 3.05) is 0 Å². The van der Waals surface area contributed by atoms with Gasteiger partial charge in [-0.1, -0.05) is 72.8 Å². The monoisotopic (exact) mass is 398 g/mol. The van der Waals surface area contributed by atoms with Crippen LogP contribution >= 0.6 is 0 Å². The summed E-state index contributed by atoms with van der Waals surface area (Å²) in [6, 6.07) is 27.8.